The van der Waals surface area contributed by atoms with E-state index in [4.69, 9.17) is 4.42 Å². The molecule has 0 spiro atoms. The highest BCUT2D eigenvalue weighted by molar-refractivity contribution is 9.10. The number of hydrogen-bond acceptors (Lipinski definition) is 4. The van der Waals surface area contributed by atoms with Crippen molar-refractivity contribution in [3.05, 3.63) is 73.5 Å². The third-order valence-electron chi connectivity index (χ3n) is 3.09. The molecule has 0 amide bonds. The average Bonchev–Trinajstić information content (AvgIpc) is 2.47. The van der Waals surface area contributed by atoms with Crippen LogP contribution in [0, 0.1) is 10.1 Å². The fourth-order valence-electron chi connectivity index (χ4n) is 2.14. The van der Waals surface area contributed by atoms with Crippen LogP contribution >= 0.6 is 15.9 Å². The Morgan fingerprint density at radius 3 is 2.57 bits per heavy atom. The second-order valence-electron chi connectivity index (χ2n) is 4.40. The zero-order valence-electron chi connectivity index (χ0n) is 10.6. The molecule has 5 nitrogen and oxygen atoms in total. The summed E-state index contributed by atoms with van der Waals surface area (Å²) in [6.45, 7) is 0. The minimum atomic E-state index is -0.598. The summed E-state index contributed by atoms with van der Waals surface area (Å²) in [5, 5.41) is 11.8. The highest BCUT2D eigenvalue weighted by atomic mass is 79.9. The fraction of sp³-hybridized carbons (Fsp3) is 0. The summed E-state index contributed by atoms with van der Waals surface area (Å²) in [5.41, 5.74) is 0.134. The van der Waals surface area contributed by atoms with Crippen LogP contribution in [0.2, 0.25) is 0 Å². The van der Waals surface area contributed by atoms with Crippen molar-refractivity contribution in [3.63, 3.8) is 0 Å². The lowest BCUT2D eigenvalue weighted by Gasteiger charge is -2.04. The van der Waals surface area contributed by atoms with Gasteiger partial charge in [0.2, 0.25) is 0 Å². The van der Waals surface area contributed by atoms with Crippen LogP contribution in [0.5, 0.6) is 0 Å². The highest BCUT2D eigenvalue weighted by Gasteiger charge is 2.18. The van der Waals surface area contributed by atoms with Gasteiger partial charge in [-0.3, -0.25) is 10.1 Å². The highest BCUT2D eigenvalue weighted by Crippen LogP contribution is 2.29. The van der Waals surface area contributed by atoms with Crippen LogP contribution in [0.4, 0.5) is 5.69 Å². The Morgan fingerprint density at radius 2 is 1.81 bits per heavy atom. The van der Waals surface area contributed by atoms with Crippen LogP contribution in [0.15, 0.2) is 62.2 Å². The quantitative estimate of drug-likeness (QED) is 0.397. The second-order valence-corrected chi connectivity index (χ2v) is 5.32. The summed E-state index contributed by atoms with van der Waals surface area (Å²) in [5.74, 6) is 0. The summed E-state index contributed by atoms with van der Waals surface area (Å²) in [7, 11) is 0. The molecule has 0 unspecified atom stereocenters. The lowest BCUT2D eigenvalue weighted by atomic mass is 10.0. The number of nitro groups is 1. The molecule has 104 valence electrons. The Kier molecular flexibility index (Phi) is 3.31. The molecule has 0 saturated carbocycles. The SMILES string of the molecule is O=c1oc2ccc(Br)cc2cc1-c1ccccc1[N+](=O)[O-]. The molecular formula is C15H8BrNO4. The van der Waals surface area contributed by atoms with Gasteiger partial charge in [-0.2, -0.15) is 0 Å². The number of nitrogens with zero attached hydrogens (tertiary/aromatic N) is 1. The standard InChI is InChI=1S/C15H8BrNO4/c16-10-5-6-14-9(7-10)8-12(15(18)21-14)11-3-1-2-4-13(11)17(19)20/h1-8H. The molecule has 0 bridgehead atoms. The van der Waals surface area contributed by atoms with Crippen LogP contribution < -0.4 is 5.63 Å². The Bertz CT molecular complexity index is 917. The zero-order valence-corrected chi connectivity index (χ0v) is 12.2. The van der Waals surface area contributed by atoms with Gasteiger partial charge in [0.1, 0.15) is 5.58 Å². The summed E-state index contributed by atoms with van der Waals surface area (Å²) >= 11 is 3.34. The zero-order chi connectivity index (χ0) is 15.0. The second kappa shape index (κ2) is 5.14. The van der Waals surface area contributed by atoms with Crippen molar-refractivity contribution < 1.29 is 9.34 Å². The molecule has 0 atom stereocenters. The maximum absolute atomic E-state index is 12.1. The van der Waals surface area contributed by atoms with E-state index in [0.717, 1.165) is 4.47 Å². The number of hydrogen-bond donors (Lipinski definition) is 0. The van der Waals surface area contributed by atoms with Crippen LogP contribution in [-0.2, 0) is 0 Å². The van der Waals surface area contributed by atoms with Gasteiger partial charge in [0.15, 0.2) is 0 Å². The smallest absolute Gasteiger partial charge is 0.344 e. The molecule has 1 aromatic heterocycles. The number of benzene rings is 2. The van der Waals surface area contributed by atoms with Crippen LogP contribution in [-0.4, -0.2) is 4.92 Å². The lowest BCUT2D eigenvalue weighted by Crippen LogP contribution is -2.04. The molecule has 2 aromatic carbocycles. The topological polar surface area (TPSA) is 73.3 Å². The molecule has 0 aliphatic rings. The van der Waals surface area contributed by atoms with E-state index in [1.54, 1.807) is 36.4 Å². The first kappa shape index (κ1) is 13.5. The van der Waals surface area contributed by atoms with Crippen molar-refractivity contribution in [2.45, 2.75) is 0 Å². The molecular weight excluding hydrogens is 338 g/mol. The van der Waals surface area contributed by atoms with E-state index < -0.39 is 10.5 Å². The molecule has 21 heavy (non-hydrogen) atoms. The van der Waals surface area contributed by atoms with Gasteiger partial charge in [-0.1, -0.05) is 28.1 Å². The van der Waals surface area contributed by atoms with Gasteiger partial charge in [0.25, 0.3) is 5.69 Å². The van der Waals surface area contributed by atoms with Crippen molar-refractivity contribution in [1.29, 1.82) is 0 Å². The van der Waals surface area contributed by atoms with Gasteiger partial charge in [0.05, 0.1) is 16.1 Å². The van der Waals surface area contributed by atoms with Crippen molar-refractivity contribution in [3.8, 4) is 11.1 Å². The molecule has 3 aromatic rings. The van der Waals surface area contributed by atoms with Crippen LogP contribution in [0.25, 0.3) is 22.1 Å². The van der Waals surface area contributed by atoms with E-state index >= 15 is 0 Å². The first-order valence-corrected chi connectivity index (χ1v) is 6.83. The summed E-state index contributed by atoms with van der Waals surface area (Å²) in [6, 6.07) is 12.9. The van der Waals surface area contributed by atoms with E-state index in [9.17, 15) is 14.9 Å². The minimum absolute atomic E-state index is 0.126. The summed E-state index contributed by atoms with van der Waals surface area (Å²) in [4.78, 5) is 22.7. The first-order chi connectivity index (χ1) is 10.1. The Labute approximate surface area is 127 Å². The van der Waals surface area contributed by atoms with E-state index in [0.29, 0.717) is 11.0 Å². The van der Waals surface area contributed by atoms with Gasteiger partial charge in [-0.25, -0.2) is 4.79 Å². The molecule has 0 radical (unpaired) electrons. The van der Waals surface area contributed by atoms with Crippen molar-refractivity contribution >= 4 is 32.6 Å². The number of para-hydroxylation sites is 1. The maximum atomic E-state index is 12.1. The molecule has 0 fully saturated rings. The van der Waals surface area contributed by atoms with E-state index in [1.807, 2.05) is 0 Å². The van der Waals surface area contributed by atoms with Gasteiger partial charge >= 0.3 is 5.63 Å². The van der Waals surface area contributed by atoms with Crippen molar-refractivity contribution in [2.24, 2.45) is 0 Å². The maximum Gasteiger partial charge on any atom is 0.344 e. The van der Waals surface area contributed by atoms with Crippen LogP contribution in [0.3, 0.4) is 0 Å². The molecule has 1 heterocycles. The predicted molar refractivity (Wildman–Crippen MR) is 82.3 cm³/mol. The lowest BCUT2D eigenvalue weighted by molar-refractivity contribution is -0.384. The van der Waals surface area contributed by atoms with Crippen LogP contribution in [0.1, 0.15) is 0 Å². The Balaban J connectivity index is 2.33. The minimum Gasteiger partial charge on any atom is -0.422 e. The van der Waals surface area contributed by atoms with E-state index in [2.05, 4.69) is 15.9 Å². The van der Waals surface area contributed by atoms with Gasteiger partial charge in [-0.05, 0) is 30.3 Å². The van der Waals surface area contributed by atoms with Gasteiger partial charge in [0, 0.05) is 15.9 Å². The Hall–Kier alpha value is -2.47. The third-order valence-corrected chi connectivity index (χ3v) is 3.58. The molecule has 6 heteroatoms. The molecule has 0 aliphatic carbocycles. The third kappa shape index (κ3) is 2.45. The molecule has 0 N–H and O–H groups in total. The predicted octanol–water partition coefficient (Wildman–Crippen LogP) is 4.13. The molecule has 0 aliphatic heterocycles. The molecule has 3 rings (SSSR count). The first-order valence-electron chi connectivity index (χ1n) is 6.03. The number of rotatable bonds is 2. The number of nitro benzene ring substituents is 1. The van der Waals surface area contributed by atoms with E-state index in [-0.39, 0.29) is 16.8 Å². The summed E-state index contributed by atoms with van der Waals surface area (Å²) < 4.78 is 6.07. The summed E-state index contributed by atoms with van der Waals surface area (Å²) in [6.07, 6.45) is 0. The molecule has 0 saturated heterocycles. The van der Waals surface area contributed by atoms with Crippen molar-refractivity contribution in [2.75, 3.05) is 0 Å². The number of fused-ring (bicyclic) bond motifs is 1. The van der Waals surface area contributed by atoms with Gasteiger partial charge < -0.3 is 4.42 Å². The van der Waals surface area contributed by atoms with E-state index in [1.165, 1.54) is 12.1 Å². The largest absolute Gasteiger partial charge is 0.422 e. The fourth-order valence-corrected chi connectivity index (χ4v) is 2.52. The monoisotopic (exact) mass is 345 g/mol. The van der Waals surface area contributed by atoms with Gasteiger partial charge in [-0.15, -0.1) is 0 Å². The van der Waals surface area contributed by atoms with Crippen molar-refractivity contribution in [1.82, 2.24) is 0 Å². The number of halogens is 1. The average molecular weight is 346 g/mol. The Morgan fingerprint density at radius 1 is 1.05 bits per heavy atom. The normalized spacial score (nSPS) is 10.7.